The summed E-state index contributed by atoms with van der Waals surface area (Å²) in [6.07, 6.45) is 0. The van der Waals surface area contributed by atoms with Gasteiger partial charge in [-0.1, -0.05) is 17.7 Å². The van der Waals surface area contributed by atoms with Crippen LogP contribution in [0.2, 0.25) is 0 Å². The molecule has 0 spiro atoms. The van der Waals surface area contributed by atoms with Crippen LogP contribution >= 0.6 is 0 Å². The molecular weight excluding hydrogens is 319 g/mol. The molecule has 122 valence electrons. The van der Waals surface area contributed by atoms with Gasteiger partial charge in [0.1, 0.15) is 5.82 Å². The molecule has 2 aromatic carbocycles. The third-order valence-electron chi connectivity index (χ3n) is 3.30. The van der Waals surface area contributed by atoms with Crippen molar-refractivity contribution >= 4 is 27.3 Å². The molecule has 0 aromatic heterocycles. The minimum Gasteiger partial charge on any atom is -0.324 e. The van der Waals surface area contributed by atoms with Crippen molar-refractivity contribution in [1.29, 1.82) is 0 Å². The zero-order valence-electron chi connectivity index (χ0n) is 13.0. The second-order valence-electron chi connectivity index (χ2n) is 5.13. The summed E-state index contributed by atoms with van der Waals surface area (Å²) in [6.45, 7) is 3.12. The Balaban J connectivity index is 2.42. The number of carbonyl (C=O) groups is 1. The van der Waals surface area contributed by atoms with Crippen molar-refractivity contribution in [1.82, 2.24) is 0 Å². The van der Waals surface area contributed by atoms with E-state index in [0.29, 0.717) is 5.69 Å². The van der Waals surface area contributed by atoms with E-state index in [1.807, 2.05) is 6.92 Å². The maximum absolute atomic E-state index is 13.7. The van der Waals surface area contributed by atoms with Gasteiger partial charge in [0.2, 0.25) is 5.91 Å². The Kier molecular flexibility index (Phi) is 4.70. The Hall–Kier alpha value is -2.41. The highest BCUT2D eigenvalue weighted by Crippen LogP contribution is 2.25. The van der Waals surface area contributed by atoms with Crippen LogP contribution in [0.15, 0.2) is 47.4 Å². The summed E-state index contributed by atoms with van der Waals surface area (Å²) >= 11 is 0. The van der Waals surface area contributed by atoms with Crippen LogP contribution in [-0.4, -0.2) is 21.4 Å². The van der Waals surface area contributed by atoms with Crippen molar-refractivity contribution in [2.75, 3.05) is 16.7 Å². The SMILES string of the molecule is CC(=O)Nc1cc(S(=O)(=O)N(C)c2ccc(C)cc2)ccc1F. The van der Waals surface area contributed by atoms with Gasteiger partial charge in [-0.05, 0) is 37.3 Å². The predicted molar refractivity (Wildman–Crippen MR) is 87.5 cm³/mol. The normalized spacial score (nSPS) is 11.1. The lowest BCUT2D eigenvalue weighted by molar-refractivity contribution is -0.114. The number of halogens is 1. The number of hydrogen-bond donors (Lipinski definition) is 1. The maximum Gasteiger partial charge on any atom is 0.264 e. The first-order valence-electron chi connectivity index (χ1n) is 6.84. The largest absolute Gasteiger partial charge is 0.324 e. The van der Waals surface area contributed by atoms with E-state index in [4.69, 9.17) is 0 Å². The maximum atomic E-state index is 13.7. The van der Waals surface area contributed by atoms with Crippen LogP contribution in [0.25, 0.3) is 0 Å². The minimum absolute atomic E-state index is 0.106. The molecule has 0 aliphatic carbocycles. The molecule has 0 fully saturated rings. The average molecular weight is 336 g/mol. The van der Waals surface area contributed by atoms with E-state index >= 15 is 0 Å². The smallest absolute Gasteiger partial charge is 0.264 e. The molecule has 2 rings (SSSR count). The van der Waals surface area contributed by atoms with Crippen LogP contribution in [0.4, 0.5) is 15.8 Å². The lowest BCUT2D eigenvalue weighted by Crippen LogP contribution is -2.26. The number of anilines is 2. The molecule has 23 heavy (non-hydrogen) atoms. The Morgan fingerprint density at radius 2 is 1.74 bits per heavy atom. The third-order valence-corrected chi connectivity index (χ3v) is 5.09. The van der Waals surface area contributed by atoms with Crippen LogP contribution in [0.3, 0.4) is 0 Å². The summed E-state index contributed by atoms with van der Waals surface area (Å²) in [7, 11) is -2.45. The number of carbonyl (C=O) groups excluding carboxylic acids is 1. The predicted octanol–water partition coefficient (Wildman–Crippen LogP) is 2.92. The van der Waals surface area contributed by atoms with Crippen molar-refractivity contribution in [3.8, 4) is 0 Å². The lowest BCUT2D eigenvalue weighted by Gasteiger charge is -2.20. The minimum atomic E-state index is -3.86. The summed E-state index contributed by atoms with van der Waals surface area (Å²) in [6, 6.07) is 10.3. The van der Waals surface area contributed by atoms with Crippen LogP contribution in [0.5, 0.6) is 0 Å². The average Bonchev–Trinajstić information content (AvgIpc) is 2.49. The lowest BCUT2D eigenvalue weighted by atomic mass is 10.2. The molecule has 7 heteroatoms. The number of aryl methyl sites for hydroxylation is 1. The van der Waals surface area contributed by atoms with E-state index in [1.54, 1.807) is 24.3 Å². The number of nitrogens with one attached hydrogen (secondary N) is 1. The molecule has 0 atom stereocenters. The summed E-state index contributed by atoms with van der Waals surface area (Å²) in [5.41, 5.74) is 1.33. The molecule has 0 aliphatic rings. The van der Waals surface area contributed by atoms with Crippen LogP contribution in [0.1, 0.15) is 12.5 Å². The second kappa shape index (κ2) is 6.37. The number of amides is 1. The summed E-state index contributed by atoms with van der Waals surface area (Å²) in [4.78, 5) is 11.0. The first-order valence-corrected chi connectivity index (χ1v) is 8.28. The van der Waals surface area contributed by atoms with Gasteiger partial charge in [-0.3, -0.25) is 9.10 Å². The molecule has 2 aromatic rings. The van der Waals surface area contributed by atoms with E-state index in [2.05, 4.69) is 5.32 Å². The summed E-state index contributed by atoms with van der Waals surface area (Å²) < 4.78 is 40.1. The van der Waals surface area contributed by atoms with Gasteiger partial charge >= 0.3 is 0 Å². The van der Waals surface area contributed by atoms with Gasteiger partial charge in [0.05, 0.1) is 16.3 Å². The zero-order chi connectivity index (χ0) is 17.2. The van der Waals surface area contributed by atoms with E-state index < -0.39 is 21.7 Å². The van der Waals surface area contributed by atoms with Gasteiger partial charge in [-0.2, -0.15) is 0 Å². The Morgan fingerprint density at radius 1 is 1.13 bits per heavy atom. The standard InChI is InChI=1S/C16H17FN2O3S/c1-11-4-6-13(7-5-11)19(3)23(21,22)14-8-9-15(17)16(10-14)18-12(2)20/h4-10H,1-3H3,(H,18,20). The Labute approximate surface area is 134 Å². The first-order chi connectivity index (χ1) is 10.7. The summed E-state index contributed by atoms with van der Waals surface area (Å²) in [5, 5.41) is 2.27. The Morgan fingerprint density at radius 3 is 2.30 bits per heavy atom. The van der Waals surface area contributed by atoms with Gasteiger partial charge in [0.15, 0.2) is 0 Å². The zero-order valence-corrected chi connectivity index (χ0v) is 13.8. The fraction of sp³-hybridized carbons (Fsp3) is 0.188. The van der Waals surface area contributed by atoms with Crippen molar-refractivity contribution < 1.29 is 17.6 Å². The molecule has 1 amide bonds. The first kappa shape index (κ1) is 17.0. The highest BCUT2D eigenvalue weighted by Gasteiger charge is 2.22. The molecule has 0 heterocycles. The van der Waals surface area contributed by atoms with Crippen molar-refractivity contribution in [3.63, 3.8) is 0 Å². The van der Waals surface area contributed by atoms with Gasteiger partial charge in [-0.25, -0.2) is 12.8 Å². The highest BCUT2D eigenvalue weighted by molar-refractivity contribution is 7.92. The number of benzene rings is 2. The molecule has 0 saturated heterocycles. The molecule has 5 nitrogen and oxygen atoms in total. The molecule has 0 unspecified atom stereocenters. The second-order valence-corrected chi connectivity index (χ2v) is 7.10. The number of sulfonamides is 1. The monoisotopic (exact) mass is 336 g/mol. The van der Waals surface area contributed by atoms with Gasteiger partial charge in [0.25, 0.3) is 10.0 Å². The van der Waals surface area contributed by atoms with E-state index in [1.165, 1.54) is 20.0 Å². The van der Waals surface area contributed by atoms with E-state index in [-0.39, 0.29) is 10.6 Å². The van der Waals surface area contributed by atoms with E-state index in [0.717, 1.165) is 22.0 Å². The van der Waals surface area contributed by atoms with Gasteiger partial charge in [-0.15, -0.1) is 0 Å². The highest BCUT2D eigenvalue weighted by atomic mass is 32.2. The van der Waals surface area contributed by atoms with Crippen molar-refractivity contribution in [3.05, 3.63) is 53.8 Å². The van der Waals surface area contributed by atoms with Gasteiger partial charge < -0.3 is 5.32 Å². The van der Waals surface area contributed by atoms with Crippen molar-refractivity contribution in [2.24, 2.45) is 0 Å². The van der Waals surface area contributed by atoms with Crippen LogP contribution in [0, 0.1) is 12.7 Å². The topological polar surface area (TPSA) is 66.5 Å². The third kappa shape index (κ3) is 3.68. The molecular formula is C16H17FN2O3S. The quantitative estimate of drug-likeness (QED) is 0.933. The van der Waals surface area contributed by atoms with Crippen molar-refractivity contribution in [2.45, 2.75) is 18.7 Å². The summed E-state index contributed by atoms with van der Waals surface area (Å²) in [5.74, 6) is -1.18. The molecule has 0 bridgehead atoms. The van der Waals surface area contributed by atoms with Gasteiger partial charge in [0, 0.05) is 14.0 Å². The fourth-order valence-electron chi connectivity index (χ4n) is 2.00. The fourth-order valence-corrected chi connectivity index (χ4v) is 3.22. The van der Waals surface area contributed by atoms with Crippen LogP contribution in [-0.2, 0) is 14.8 Å². The number of rotatable bonds is 4. The molecule has 0 saturated carbocycles. The molecule has 0 radical (unpaired) electrons. The van der Waals surface area contributed by atoms with Crippen LogP contribution < -0.4 is 9.62 Å². The number of hydrogen-bond acceptors (Lipinski definition) is 3. The number of nitrogens with zero attached hydrogens (tertiary/aromatic N) is 1. The Bertz CT molecular complexity index is 833. The molecule has 1 N–H and O–H groups in total. The molecule has 0 aliphatic heterocycles. The van der Waals surface area contributed by atoms with E-state index in [9.17, 15) is 17.6 Å².